The Morgan fingerprint density at radius 2 is 1.76 bits per heavy atom. The van der Waals surface area contributed by atoms with Gasteiger partial charge in [-0.05, 0) is 36.4 Å². The highest BCUT2D eigenvalue weighted by molar-refractivity contribution is 6.32. The highest BCUT2D eigenvalue weighted by Gasteiger charge is 2.01. The molecular formula is C13H10ClNO2. The molecule has 0 heterocycles. The maximum Gasteiger partial charge on any atom is 0.211 e. The number of carbonyl (C=O) groups excluding carboxylic acids is 1. The third-order valence-corrected chi connectivity index (χ3v) is 2.46. The van der Waals surface area contributed by atoms with Gasteiger partial charge in [-0.15, -0.1) is 0 Å². The lowest BCUT2D eigenvalue weighted by atomic mass is 10.3. The molecule has 0 saturated carbocycles. The van der Waals surface area contributed by atoms with Crippen LogP contribution in [0.2, 0.25) is 5.02 Å². The topological polar surface area (TPSA) is 38.3 Å². The number of halogens is 1. The van der Waals surface area contributed by atoms with Crippen LogP contribution in [-0.4, -0.2) is 6.41 Å². The van der Waals surface area contributed by atoms with Crippen molar-refractivity contribution in [2.24, 2.45) is 0 Å². The summed E-state index contributed by atoms with van der Waals surface area (Å²) >= 11 is 5.97. The predicted molar refractivity (Wildman–Crippen MR) is 67.7 cm³/mol. The van der Waals surface area contributed by atoms with Crippen molar-refractivity contribution in [1.29, 1.82) is 0 Å². The van der Waals surface area contributed by atoms with Crippen LogP contribution >= 0.6 is 11.6 Å². The quantitative estimate of drug-likeness (QED) is 0.837. The normalized spacial score (nSPS) is 9.71. The average Bonchev–Trinajstić information content (AvgIpc) is 2.35. The molecule has 86 valence electrons. The highest BCUT2D eigenvalue weighted by atomic mass is 35.5. The van der Waals surface area contributed by atoms with E-state index in [-0.39, 0.29) is 0 Å². The molecule has 0 aliphatic carbocycles. The minimum Gasteiger partial charge on any atom is -0.456 e. The Morgan fingerprint density at radius 3 is 2.41 bits per heavy atom. The summed E-state index contributed by atoms with van der Waals surface area (Å²) in [4.78, 5) is 10.2. The molecule has 3 nitrogen and oxygen atoms in total. The number of rotatable bonds is 4. The van der Waals surface area contributed by atoms with Gasteiger partial charge in [0.1, 0.15) is 11.5 Å². The summed E-state index contributed by atoms with van der Waals surface area (Å²) in [6, 6.07) is 14.3. The van der Waals surface area contributed by atoms with Gasteiger partial charge >= 0.3 is 0 Å². The summed E-state index contributed by atoms with van der Waals surface area (Å²) in [5.41, 5.74) is 0.714. The van der Waals surface area contributed by atoms with Crippen LogP contribution < -0.4 is 10.1 Å². The van der Waals surface area contributed by atoms with E-state index in [9.17, 15) is 4.79 Å². The molecule has 1 N–H and O–H groups in total. The summed E-state index contributed by atoms with van der Waals surface area (Å²) in [7, 11) is 0. The van der Waals surface area contributed by atoms with E-state index in [1.807, 2.05) is 12.1 Å². The molecule has 0 fully saturated rings. The van der Waals surface area contributed by atoms with Crippen LogP contribution in [0, 0.1) is 0 Å². The zero-order chi connectivity index (χ0) is 12.1. The Kier molecular flexibility index (Phi) is 3.62. The van der Waals surface area contributed by atoms with Crippen molar-refractivity contribution in [2.45, 2.75) is 0 Å². The van der Waals surface area contributed by atoms with Crippen LogP contribution in [0.4, 0.5) is 5.69 Å². The number of amides is 1. The first-order valence-electron chi connectivity index (χ1n) is 5.02. The molecule has 4 heteroatoms. The number of anilines is 1. The van der Waals surface area contributed by atoms with Crippen LogP contribution in [0.3, 0.4) is 0 Å². The lowest BCUT2D eigenvalue weighted by molar-refractivity contribution is -0.105. The third kappa shape index (κ3) is 2.98. The summed E-state index contributed by atoms with van der Waals surface area (Å²) in [5.74, 6) is 1.26. The van der Waals surface area contributed by atoms with Gasteiger partial charge < -0.3 is 10.1 Å². The highest BCUT2D eigenvalue weighted by Crippen LogP contribution is 2.29. The first kappa shape index (κ1) is 11.5. The summed E-state index contributed by atoms with van der Waals surface area (Å²) in [6.07, 6.45) is 0.629. The summed E-state index contributed by atoms with van der Waals surface area (Å²) in [5, 5.41) is 3.11. The first-order valence-corrected chi connectivity index (χ1v) is 5.40. The number of benzene rings is 2. The first-order chi connectivity index (χ1) is 8.29. The van der Waals surface area contributed by atoms with Crippen molar-refractivity contribution >= 4 is 23.7 Å². The third-order valence-electron chi connectivity index (χ3n) is 2.14. The molecule has 0 aliphatic heterocycles. The van der Waals surface area contributed by atoms with Gasteiger partial charge in [0, 0.05) is 5.69 Å². The van der Waals surface area contributed by atoms with Crippen molar-refractivity contribution in [3.8, 4) is 11.5 Å². The number of hydrogen-bond donors (Lipinski definition) is 1. The van der Waals surface area contributed by atoms with Gasteiger partial charge in [-0.25, -0.2) is 0 Å². The number of nitrogens with one attached hydrogen (secondary N) is 1. The number of para-hydroxylation sites is 1. The molecule has 2 aromatic rings. The van der Waals surface area contributed by atoms with Crippen LogP contribution in [0.15, 0.2) is 48.5 Å². The molecule has 0 saturated heterocycles. The van der Waals surface area contributed by atoms with E-state index in [2.05, 4.69) is 5.32 Å². The van der Waals surface area contributed by atoms with Gasteiger partial charge in [0.05, 0.1) is 5.02 Å². The van der Waals surface area contributed by atoms with Gasteiger partial charge in [0.15, 0.2) is 0 Å². The molecule has 0 unspecified atom stereocenters. The molecule has 0 radical (unpaired) electrons. The molecular weight excluding hydrogens is 238 g/mol. The lowest BCUT2D eigenvalue weighted by Crippen LogP contribution is -1.93. The predicted octanol–water partition coefficient (Wildman–Crippen LogP) is 3.70. The van der Waals surface area contributed by atoms with Crippen LogP contribution in [0.1, 0.15) is 0 Å². The van der Waals surface area contributed by atoms with Crippen LogP contribution in [0.25, 0.3) is 0 Å². The van der Waals surface area contributed by atoms with E-state index in [4.69, 9.17) is 16.3 Å². The zero-order valence-electron chi connectivity index (χ0n) is 8.89. The standard InChI is InChI=1S/C13H10ClNO2/c14-12-3-1-2-4-13(12)17-11-7-5-10(6-8-11)15-9-16/h1-9H,(H,15,16). The monoisotopic (exact) mass is 247 g/mol. The van der Waals surface area contributed by atoms with Gasteiger partial charge in [-0.3, -0.25) is 4.79 Å². The van der Waals surface area contributed by atoms with Crippen molar-refractivity contribution in [1.82, 2.24) is 0 Å². The van der Waals surface area contributed by atoms with Crippen molar-refractivity contribution in [2.75, 3.05) is 5.32 Å². The smallest absolute Gasteiger partial charge is 0.211 e. The van der Waals surface area contributed by atoms with E-state index in [1.54, 1.807) is 36.4 Å². The van der Waals surface area contributed by atoms with Gasteiger partial charge in [-0.1, -0.05) is 23.7 Å². The fraction of sp³-hybridized carbons (Fsp3) is 0. The van der Waals surface area contributed by atoms with E-state index < -0.39 is 0 Å². The molecule has 2 aromatic carbocycles. The number of hydrogen-bond acceptors (Lipinski definition) is 2. The van der Waals surface area contributed by atoms with Crippen LogP contribution in [0.5, 0.6) is 11.5 Å². The fourth-order valence-corrected chi connectivity index (χ4v) is 1.52. The van der Waals surface area contributed by atoms with E-state index >= 15 is 0 Å². The van der Waals surface area contributed by atoms with Crippen LogP contribution in [-0.2, 0) is 4.79 Å². The van der Waals surface area contributed by atoms with Gasteiger partial charge in [0.25, 0.3) is 0 Å². The Balaban J connectivity index is 2.14. The lowest BCUT2D eigenvalue weighted by Gasteiger charge is -2.07. The fourth-order valence-electron chi connectivity index (χ4n) is 1.34. The second-order valence-electron chi connectivity index (χ2n) is 3.32. The largest absolute Gasteiger partial charge is 0.456 e. The molecule has 0 aromatic heterocycles. The van der Waals surface area contributed by atoms with Gasteiger partial charge in [-0.2, -0.15) is 0 Å². The zero-order valence-corrected chi connectivity index (χ0v) is 9.65. The van der Waals surface area contributed by atoms with E-state index in [1.165, 1.54) is 0 Å². The Bertz CT molecular complexity index is 511. The molecule has 1 amide bonds. The maximum atomic E-state index is 10.2. The van der Waals surface area contributed by atoms with Crippen molar-refractivity contribution in [3.63, 3.8) is 0 Å². The molecule has 17 heavy (non-hydrogen) atoms. The molecule has 0 atom stereocenters. The van der Waals surface area contributed by atoms with Gasteiger partial charge in [0.2, 0.25) is 6.41 Å². The minimum absolute atomic E-state index is 0.558. The number of ether oxygens (including phenoxy) is 1. The van der Waals surface area contributed by atoms with E-state index in [0.717, 1.165) is 0 Å². The van der Waals surface area contributed by atoms with Crippen molar-refractivity contribution in [3.05, 3.63) is 53.6 Å². The Hall–Kier alpha value is -2.00. The second-order valence-corrected chi connectivity index (χ2v) is 3.73. The SMILES string of the molecule is O=CNc1ccc(Oc2ccccc2Cl)cc1. The van der Waals surface area contributed by atoms with E-state index in [0.29, 0.717) is 28.6 Å². The molecule has 0 aliphatic rings. The number of carbonyl (C=O) groups is 1. The minimum atomic E-state index is 0.558. The second kappa shape index (κ2) is 5.37. The summed E-state index contributed by atoms with van der Waals surface area (Å²) in [6.45, 7) is 0. The Morgan fingerprint density at radius 1 is 1.06 bits per heavy atom. The van der Waals surface area contributed by atoms with Crippen molar-refractivity contribution < 1.29 is 9.53 Å². The summed E-state index contributed by atoms with van der Waals surface area (Å²) < 4.78 is 5.59. The molecule has 0 spiro atoms. The molecule has 0 bridgehead atoms. The average molecular weight is 248 g/mol. The molecule has 2 rings (SSSR count). The maximum absolute atomic E-state index is 10.2. The Labute approximate surface area is 104 Å².